The predicted molar refractivity (Wildman–Crippen MR) is 171 cm³/mol. The molecule has 1 heterocycles. The van der Waals surface area contributed by atoms with Crippen molar-refractivity contribution in [3.63, 3.8) is 0 Å². The molecule has 3 aliphatic rings. The van der Waals surface area contributed by atoms with E-state index in [1.807, 2.05) is 0 Å². The molecule has 2 aliphatic carbocycles. The molecule has 0 bridgehead atoms. The Hall–Kier alpha value is -1.13. The van der Waals surface area contributed by atoms with Crippen LogP contribution < -0.4 is 5.30 Å². The van der Waals surface area contributed by atoms with Crippen molar-refractivity contribution < 1.29 is 0 Å². The Morgan fingerprint density at radius 1 is 0.658 bits per heavy atom. The van der Waals surface area contributed by atoms with Gasteiger partial charge < -0.3 is 0 Å². The van der Waals surface area contributed by atoms with Crippen molar-refractivity contribution in [3.05, 3.63) is 53.1 Å². The fourth-order valence-corrected chi connectivity index (χ4v) is 12.9. The van der Waals surface area contributed by atoms with Gasteiger partial charge in [0.1, 0.15) is 0 Å². The van der Waals surface area contributed by atoms with Gasteiger partial charge >= 0.3 is 0 Å². The maximum absolute atomic E-state index is 2.61. The minimum atomic E-state index is -0.161. The van der Waals surface area contributed by atoms with E-state index in [9.17, 15) is 0 Å². The highest BCUT2D eigenvalue weighted by Gasteiger charge is 2.53. The van der Waals surface area contributed by atoms with Crippen LogP contribution in [0.25, 0.3) is 11.1 Å². The molecule has 1 atom stereocenters. The lowest BCUT2D eigenvalue weighted by Crippen LogP contribution is -2.45. The summed E-state index contributed by atoms with van der Waals surface area (Å²) in [5.74, 6) is 3.58. The molecular weight excluding hydrogens is 475 g/mol. The van der Waals surface area contributed by atoms with Crippen molar-refractivity contribution in [2.45, 2.75) is 142 Å². The topological polar surface area (TPSA) is 0 Å². The van der Waals surface area contributed by atoms with Crippen LogP contribution in [0.15, 0.2) is 36.4 Å². The summed E-state index contributed by atoms with van der Waals surface area (Å²) in [4.78, 5) is 0. The van der Waals surface area contributed by atoms with Gasteiger partial charge in [-0.2, -0.15) is 0 Å². The summed E-state index contributed by atoms with van der Waals surface area (Å²) in [5.41, 5.74) is 7.90. The second kappa shape index (κ2) is 12.2. The second-order valence-electron chi connectivity index (χ2n) is 14.0. The molecule has 2 aromatic carbocycles. The third-order valence-electron chi connectivity index (χ3n) is 10.7. The molecule has 0 spiro atoms. The molecule has 208 valence electrons. The zero-order valence-corrected chi connectivity index (χ0v) is 26.4. The first kappa shape index (κ1) is 28.4. The van der Waals surface area contributed by atoms with Gasteiger partial charge in [-0.1, -0.05) is 124 Å². The average Bonchev–Trinajstić information content (AvgIpc) is 3.39. The number of hydrogen-bond acceptors (Lipinski definition) is 0. The first-order chi connectivity index (χ1) is 18.3. The van der Waals surface area contributed by atoms with Crippen LogP contribution in [0.2, 0.25) is 0 Å². The highest BCUT2D eigenvalue weighted by molar-refractivity contribution is 7.67. The quantitative estimate of drug-likeness (QED) is 0.312. The molecular formula is C37H55P. The van der Waals surface area contributed by atoms with Crippen LogP contribution in [0.4, 0.5) is 0 Å². The summed E-state index contributed by atoms with van der Waals surface area (Å²) in [5, 5.41) is 2.37. The first-order valence-corrected chi connectivity index (χ1v) is 17.9. The molecule has 0 N–H and O–H groups in total. The fourth-order valence-electron chi connectivity index (χ4n) is 8.78. The van der Waals surface area contributed by atoms with E-state index in [1.165, 1.54) is 88.8 Å². The van der Waals surface area contributed by atoms with Crippen LogP contribution >= 0.6 is 7.92 Å². The van der Waals surface area contributed by atoms with Crippen LogP contribution in [-0.4, -0.2) is 11.3 Å². The van der Waals surface area contributed by atoms with Gasteiger partial charge in [-0.25, -0.2) is 0 Å². The predicted octanol–water partition coefficient (Wildman–Crippen LogP) is 11.5. The van der Waals surface area contributed by atoms with Crippen molar-refractivity contribution >= 4 is 13.2 Å². The lowest BCUT2D eigenvalue weighted by atomic mass is 9.67. The van der Waals surface area contributed by atoms with E-state index in [0.29, 0.717) is 22.9 Å². The summed E-state index contributed by atoms with van der Waals surface area (Å²) < 4.78 is 0. The molecule has 2 saturated carbocycles. The molecule has 1 aliphatic heterocycles. The molecule has 0 amide bonds. The van der Waals surface area contributed by atoms with Gasteiger partial charge in [0, 0.05) is 5.16 Å². The Labute approximate surface area is 236 Å². The number of hydrogen-bond donors (Lipinski definition) is 0. The Balaban J connectivity index is 1.70. The molecule has 0 radical (unpaired) electrons. The van der Waals surface area contributed by atoms with Crippen molar-refractivity contribution in [2.75, 3.05) is 6.16 Å². The summed E-state index contributed by atoms with van der Waals surface area (Å²) in [6, 6.07) is 15.0. The maximum Gasteiger partial charge on any atom is 0.000241 e. The van der Waals surface area contributed by atoms with Gasteiger partial charge in [0.25, 0.3) is 0 Å². The Morgan fingerprint density at radius 3 is 1.68 bits per heavy atom. The van der Waals surface area contributed by atoms with Gasteiger partial charge in [0.2, 0.25) is 0 Å². The Bertz CT molecular complexity index is 1020. The molecule has 1 unspecified atom stereocenters. The zero-order chi connectivity index (χ0) is 26.9. The van der Waals surface area contributed by atoms with Gasteiger partial charge in [-0.3, -0.25) is 0 Å². The van der Waals surface area contributed by atoms with Crippen molar-refractivity contribution in [2.24, 2.45) is 11.8 Å². The molecule has 5 rings (SSSR count). The molecule has 3 fully saturated rings. The maximum atomic E-state index is 2.61. The van der Waals surface area contributed by atoms with Crippen molar-refractivity contribution in [3.8, 4) is 11.1 Å². The van der Waals surface area contributed by atoms with Gasteiger partial charge in [-0.15, -0.1) is 0 Å². The summed E-state index contributed by atoms with van der Waals surface area (Å²) in [6.07, 6.45) is 19.4. The SMILES string of the molecule is CC(C)c1cc(C(C)C)c(-c2ccccc2P2CCCC2(C2CCCCC2)C2CCCCC2)c(C(C)C)c1. The fraction of sp³-hybridized carbons (Fsp3) is 0.676. The van der Waals surface area contributed by atoms with Crippen LogP contribution in [0.3, 0.4) is 0 Å². The monoisotopic (exact) mass is 530 g/mol. The van der Waals surface area contributed by atoms with E-state index in [0.717, 1.165) is 11.8 Å². The third kappa shape index (κ3) is 5.30. The Kier molecular flexibility index (Phi) is 9.09. The van der Waals surface area contributed by atoms with Gasteiger partial charge in [0.05, 0.1) is 0 Å². The van der Waals surface area contributed by atoms with Crippen LogP contribution in [0, 0.1) is 11.8 Å². The third-order valence-corrected chi connectivity index (χ3v) is 14.4. The molecule has 0 nitrogen and oxygen atoms in total. The van der Waals surface area contributed by atoms with Crippen LogP contribution in [0.1, 0.15) is 153 Å². The summed E-state index contributed by atoms with van der Waals surface area (Å²) in [7, 11) is -0.161. The van der Waals surface area contributed by atoms with Crippen LogP contribution in [0.5, 0.6) is 0 Å². The molecule has 2 aromatic rings. The lowest BCUT2D eigenvalue weighted by molar-refractivity contribution is 0.168. The van der Waals surface area contributed by atoms with E-state index in [-0.39, 0.29) is 7.92 Å². The molecule has 0 aromatic heterocycles. The van der Waals surface area contributed by atoms with E-state index in [4.69, 9.17) is 0 Å². The minimum Gasteiger partial charge on any atom is -0.0677 e. The van der Waals surface area contributed by atoms with E-state index < -0.39 is 0 Å². The smallest absolute Gasteiger partial charge is 0.000241 e. The zero-order valence-electron chi connectivity index (χ0n) is 25.5. The molecule has 38 heavy (non-hydrogen) atoms. The van der Waals surface area contributed by atoms with Gasteiger partial charge in [0.15, 0.2) is 0 Å². The largest absolute Gasteiger partial charge is 0.0677 e. The standard InChI is InChI=1S/C37H55P/c1-26(2)29-24-33(27(3)4)36(34(25-29)28(5)6)32-20-13-14-21-35(32)38-23-15-22-37(38,30-16-9-7-10-17-30)31-18-11-8-12-19-31/h13-14,20-21,24-28,30-31H,7-12,15-19,22-23H2,1-6H3. The second-order valence-corrected chi connectivity index (χ2v) is 16.6. The number of rotatable bonds is 7. The Morgan fingerprint density at radius 2 is 1.18 bits per heavy atom. The van der Waals surface area contributed by atoms with Crippen molar-refractivity contribution in [1.82, 2.24) is 0 Å². The number of benzene rings is 2. The normalized spacial score (nSPS) is 23.1. The van der Waals surface area contributed by atoms with Gasteiger partial charge in [-0.05, 0) is 107 Å². The van der Waals surface area contributed by atoms with Crippen LogP contribution in [-0.2, 0) is 0 Å². The molecule has 1 heteroatoms. The highest BCUT2D eigenvalue weighted by Crippen LogP contribution is 2.69. The highest BCUT2D eigenvalue weighted by atomic mass is 31.1. The summed E-state index contributed by atoms with van der Waals surface area (Å²) >= 11 is 0. The molecule has 1 saturated heterocycles. The average molecular weight is 531 g/mol. The lowest BCUT2D eigenvalue weighted by Gasteiger charge is -2.51. The summed E-state index contributed by atoms with van der Waals surface area (Å²) in [6.45, 7) is 14.4. The van der Waals surface area contributed by atoms with E-state index in [2.05, 4.69) is 77.9 Å². The first-order valence-electron chi connectivity index (χ1n) is 16.4. The minimum absolute atomic E-state index is 0.161. The van der Waals surface area contributed by atoms with E-state index >= 15 is 0 Å². The van der Waals surface area contributed by atoms with E-state index in [1.54, 1.807) is 27.6 Å². The van der Waals surface area contributed by atoms with Crippen molar-refractivity contribution in [1.29, 1.82) is 0 Å².